The molecule has 108 valence electrons. The van der Waals surface area contributed by atoms with Gasteiger partial charge in [-0.25, -0.2) is 0 Å². The Morgan fingerprint density at radius 3 is 2.38 bits per heavy atom. The summed E-state index contributed by atoms with van der Waals surface area (Å²) >= 11 is 0. The molecule has 2 aromatic rings. The Hall–Kier alpha value is -2.43. The number of rotatable bonds is 3. The molecule has 0 unspecified atom stereocenters. The number of carbonyl (C=O) groups is 1. The van der Waals surface area contributed by atoms with E-state index in [1.165, 1.54) is 0 Å². The third kappa shape index (κ3) is 2.86. The molecule has 21 heavy (non-hydrogen) atoms. The number of aromatic nitrogens is 2. The van der Waals surface area contributed by atoms with Gasteiger partial charge in [0.2, 0.25) is 0 Å². The standard InChI is InChI=1S/C16H18N4O/c1-19(13-7-3-2-4-8-13)15-10-9-14(17-18-15)16(21)20-11-5-6-12-20/h2-4,7-10H,5-6,11-12H2,1H3. The fourth-order valence-corrected chi connectivity index (χ4v) is 2.48. The second-order valence-corrected chi connectivity index (χ2v) is 5.17. The SMILES string of the molecule is CN(c1ccccc1)c1ccc(C(=O)N2CCCC2)nn1. The van der Waals surface area contributed by atoms with Crippen LogP contribution in [0.1, 0.15) is 23.3 Å². The Morgan fingerprint density at radius 1 is 1.05 bits per heavy atom. The Morgan fingerprint density at radius 2 is 1.76 bits per heavy atom. The predicted octanol–water partition coefficient (Wildman–Crippen LogP) is 2.48. The molecule has 1 fully saturated rings. The molecular formula is C16H18N4O. The molecule has 0 saturated carbocycles. The van der Waals surface area contributed by atoms with Gasteiger partial charge in [0.1, 0.15) is 0 Å². The number of para-hydroxylation sites is 1. The summed E-state index contributed by atoms with van der Waals surface area (Å²) in [6.45, 7) is 1.65. The van der Waals surface area contributed by atoms with Gasteiger partial charge in [0, 0.05) is 25.8 Å². The van der Waals surface area contributed by atoms with Gasteiger partial charge in [0.05, 0.1) is 0 Å². The van der Waals surface area contributed by atoms with E-state index in [1.807, 2.05) is 53.2 Å². The van der Waals surface area contributed by atoms with Crippen molar-refractivity contribution in [3.8, 4) is 0 Å². The van der Waals surface area contributed by atoms with E-state index in [0.717, 1.165) is 37.4 Å². The summed E-state index contributed by atoms with van der Waals surface area (Å²) in [6, 6.07) is 13.5. The predicted molar refractivity (Wildman–Crippen MR) is 81.7 cm³/mol. The lowest BCUT2D eigenvalue weighted by Crippen LogP contribution is -2.28. The van der Waals surface area contributed by atoms with Crippen LogP contribution in [-0.2, 0) is 0 Å². The lowest BCUT2D eigenvalue weighted by atomic mass is 10.3. The number of nitrogens with zero attached hydrogens (tertiary/aromatic N) is 4. The van der Waals surface area contributed by atoms with E-state index >= 15 is 0 Å². The number of carbonyl (C=O) groups excluding carboxylic acids is 1. The third-order valence-corrected chi connectivity index (χ3v) is 3.75. The summed E-state index contributed by atoms with van der Waals surface area (Å²) in [7, 11) is 1.93. The van der Waals surface area contributed by atoms with E-state index < -0.39 is 0 Å². The number of hydrogen-bond acceptors (Lipinski definition) is 4. The highest BCUT2D eigenvalue weighted by atomic mass is 16.2. The largest absolute Gasteiger partial charge is 0.337 e. The Kier molecular flexibility index (Phi) is 3.81. The summed E-state index contributed by atoms with van der Waals surface area (Å²) in [5.74, 6) is 0.702. The maximum atomic E-state index is 12.2. The minimum Gasteiger partial charge on any atom is -0.337 e. The van der Waals surface area contributed by atoms with Gasteiger partial charge < -0.3 is 9.80 Å². The zero-order valence-electron chi connectivity index (χ0n) is 12.1. The van der Waals surface area contributed by atoms with Crippen molar-refractivity contribution in [1.82, 2.24) is 15.1 Å². The molecule has 1 saturated heterocycles. The van der Waals surface area contributed by atoms with Gasteiger partial charge in [-0.15, -0.1) is 10.2 Å². The van der Waals surface area contributed by atoms with Crippen LogP contribution in [0.2, 0.25) is 0 Å². The molecule has 1 aromatic carbocycles. The first-order valence-corrected chi connectivity index (χ1v) is 7.17. The van der Waals surface area contributed by atoms with E-state index in [0.29, 0.717) is 5.69 Å². The van der Waals surface area contributed by atoms with Gasteiger partial charge in [-0.3, -0.25) is 4.79 Å². The van der Waals surface area contributed by atoms with Crippen LogP contribution < -0.4 is 4.90 Å². The summed E-state index contributed by atoms with van der Waals surface area (Å²) < 4.78 is 0. The first-order valence-electron chi connectivity index (χ1n) is 7.17. The number of benzene rings is 1. The quantitative estimate of drug-likeness (QED) is 0.868. The maximum absolute atomic E-state index is 12.2. The molecule has 3 rings (SSSR count). The van der Waals surface area contributed by atoms with Crippen LogP contribution in [0.3, 0.4) is 0 Å². The first-order chi connectivity index (χ1) is 10.3. The highest BCUT2D eigenvalue weighted by Crippen LogP contribution is 2.20. The number of likely N-dealkylation sites (tertiary alicyclic amines) is 1. The fraction of sp³-hybridized carbons (Fsp3) is 0.312. The zero-order valence-corrected chi connectivity index (χ0v) is 12.1. The van der Waals surface area contributed by atoms with Crippen molar-refractivity contribution in [3.05, 3.63) is 48.2 Å². The minimum atomic E-state index is -0.0195. The van der Waals surface area contributed by atoms with Crippen molar-refractivity contribution in [1.29, 1.82) is 0 Å². The average Bonchev–Trinajstić information content (AvgIpc) is 3.09. The number of anilines is 2. The Labute approximate surface area is 124 Å². The molecule has 0 N–H and O–H groups in total. The summed E-state index contributed by atoms with van der Waals surface area (Å²) in [5, 5.41) is 8.26. The van der Waals surface area contributed by atoms with Crippen LogP contribution in [0.4, 0.5) is 11.5 Å². The summed E-state index contributed by atoms with van der Waals surface area (Å²) in [6.07, 6.45) is 2.15. The third-order valence-electron chi connectivity index (χ3n) is 3.75. The van der Waals surface area contributed by atoms with E-state index in [4.69, 9.17) is 0 Å². The van der Waals surface area contributed by atoms with Gasteiger partial charge in [0.25, 0.3) is 5.91 Å². The van der Waals surface area contributed by atoms with Crippen molar-refractivity contribution < 1.29 is 4.79 Å². The fourth-order valence-electron chi connectivity index (χ4n) is 2.48. The van der Waals surface area contributed by atoms with Gasteiger partial charge in [-0.05, 0) is 37.1 Å². The molecule has 5 nitrogen and oxygen atoms in total. The van der Waals surface area contributed by atoms with Crippen LogP contribution >= 0.6 is 0 Å². The molecule has 0 spiro atoms. The highest BCUT2D eigenvalue weighted by Gasteiger charge is 2.21. The summed E-state index contributed by atoms with van der Waals surface area (Å²) in [4.78, 5) is 16.0. The molecule has 0 atom stereocenters. The van der Waals surface area contributed by atoms with Crippen LogP contribution in [-0.4, -0.2) is 41.1 Å². The topological polar surface area (TPSA) is 49.3 Å². The van der Waals surface area contributed by atoms with Crippen molar-refractivity contribution in [2.24, 2.45) is 0 Å². The number of amides is 1. The van der Waals surface area contributed by atoms with Gasteiger partial charge >= 0.3 is 0 Å². The van der Waals surface area contributed by atoms with Crippen molar-refractivity contribution in [2.45, 2.75) is 12.8 Å². The number of hydrogen-bond donors (Lipinski definition) is 0. The molecule has 2 heterocycles. The lowest BCUT2D eigenvalue weighted by Gasteiger charge is -2.18. The van der Waals surface area contributed by atoms with Crippen LogP contribution in [0, 0.1) is 0 Å². The van der Waals surface area contributed by atoms with Gasteiger partial charge in [-0.2, -0.15) is 0 Å². The highest BCUT2D eigenvalue weighted by molar-refractivity contribution is 5.92. The molecule has 1 aromatic heterocycles. The van der Waals surface area contributed by atoms with Crippen LogP contribution in [0.25, 0.3) is 0 Å². The first kappa shape index (κ1) is 13.5. The molecule has 0 bridgehead atoms. The molecule has 0 aliphatic carbocycles. The van der Waals surface area contributed by atoms with E-state index in [2.05, 4.69) is 10.2 Å². The molecule has 1 aliphatic rings. The molecular weight excluding hydrogens is 264 g/mol. The smallest absolute Gasteiger partial charge is 0.274 e. The zero-order chi connectivity index (χ0) is 14.7. The second kappa shape index (κ2) is 5.91. The Bertz CT molecular complexity index is 606. The minimum absolute atomic E-state index is 0.0195. The molecule has 5 heteroatoms. The lowest BCUT2D eigenvalue weighted by molar-refractivity contribution is 0.0786. The van der Waals surface area contributed by atoms with E-state index in [9.17, 15) is 4.79 Å². The molecule has 1 amide bonds. The van der Waals surface area contributed by atoms with Gasteiger partial charge in [-0.1, -0.05) is 18.2 Å². The molecule has 0 radical (unpaired) electrons. The Balaban J connectivity index is 1.76. The molecule has 1 aliphatic heterocycles. The van der Waals surface area contributed by atoms with Crippen molar-refractivity contribution >= 4 is 17.4 Å². The maximum Gasteiger partial charge on any atom is 0.274 e. The van der Waals surface area contributed by atoms with Crippen LogP contribution in [0.15, 0.2) is 42.5 Å². The van der Waals surface area contributed by atoms with Crippen molar-refractivity contribution in [3.63, 3.8) is 0 Å². The second-order valence-electron chi connectivity index (χ2n) is 5.17. The summed E-state index contributed by atoms with van der Waals surface area (Å²) in [5.41, 5.74) is 1.45. The monoisotopic (exact) mass is 282 g/mol. The average molecular weight is 282 g/mol. The van der Waals surface area contributed by atoms with E-state index in [-0.39, 0.29) is 5.91 Å². The van der Waals surface area contributed by atoms with E-state index in [1.54, 1.807) is 6.07 Å². The van der Waals surface area contributed by atoms with Crippen LogP contribution in [0.5, 0.6) is 0 Å². The normalized spacial score (nSPS) is 14.2. The van der Waals surface area contributed by atoms with Crippen molar-refractivity contribution in [2.75, 3.05) is 25.0 Å². The van der Waals surface area contributed by atoms with Gasteiger partial charge in [0.15, 0.2) is 11.5 Å².